The molecular weight excluding hydrogens is 404 g/mol. The van der Waals surface area contributed by atoms with Crippen LogP contribution in [0, 0.1) is 17.0 Å². The molecule has 7 nitrogen and oxygen atoms in total. The van der Waals surface area contributed by atoms with Crippen molar-refractivity contribution in [1.82, 2.24) is 4.90 Å². The Bertz CT molecular complexity index is 1040. The van der Waals surface area contributed by atoms with Crippen molar-refractivity contribution >= 4 is 33.0 Å². The smallest absolute Gasteiger partial charge is 0.273 e. The van der Waals surface area contributed by atoms with Crippen LogP contribution in [-0.4, -0.2) is 43.0 Å². The predicted molar refractivity (Wildman–Crippen MR) is 106 cm³/mol. The van der Waals surface area contributed by atoms with Crippen molar-refractivity contribution in [1.29, 1.82) is 0 Å². The summed E-state index contributed by atoms with van der Waals surface area (Å²) in [7, 11) is -3.50. The summed E-state index contributed by atoms with van der Waals surface area (Å²) >= 11 is 6.19. The number of sulfone groups is 1. The molecule has 2 aromatic rings. The molecule has 1 heterocycles. The fourth-order valence-electron chi connectivity index (χ4n) is 3.35. The van der Waals surface area contributed by atoms with E-state index < -0.39 is 25.9 Å². The number of nitro groups is 1. The van der Waals surface area contributed by atoms with E-state index in [4.69, 9.17) is 11.6 Å². The highest BCUT2D eigenvalue weighted by Crippen LogP contribution is 2.34. The number of halogens is 1. The quantitative estimate of drug-likeness (QED) is 0.556. The van der Waals surface area contributed by atoms with Crippen LogP contribution in [0.3, 0.4) is 0 Å². The van der Waals surface area contributed by atoms with E-state index in [1.165, 1.54) is 23.1 Å². The maximum absolute atomic E-state index is 12.8. The molecule has 1 aliphatic heterocycles. The van der Waals surface area contributed by atoms with Crippen LogP contribution in [0.2, 0.25) is 5.02 Å². The Kier molecular flexibility index (Phi) is 5.71. The van der Waals surface area contributed by atoms with Gasteiger partial charge in [0.05, 0.1) is 15.9 Å². The van der Waals surface area contributed by atoms with Gasteiger partial charge < -0.3 is 4.90 Å². The van der Waals surface area contributed by atoms with Crippen LogP contribution in [-0.2, 0) is 9.84 Å². The lowest BCUT2D eigenvalue weighted by Gasteiger charge is -2.20. The predicted octanol–water partition coefficient (Wildman–Crippen LogP) is 3.56. The Morgan fingerprint density at radius 3 is 2.61 bits per heavy atom. The number of aryl methyl sites for hydroxylation is 1. The highest BCUT2D eigenvalue weighted by Gasteiger charge is 2.34. The third-order valence-corrected chi connectivity index (χ3v) is 7.38. The second-order valence-corrected chi connectivity index (χ2v) is 9.43. The molecule has 1 atom stereocenters. The number of nitro benzene ring substituents is 1. The van der Waals surface area contributed by atoms with Gasteiger partial charge in [-0.05, 0) is 31.0 Å². The van der Waals surface area contributed by atoms with Crippen molar-refractivity contribution in [2.24, 2.45) is 0 Å². The van der Waals surface area contributed by atoms with Gasteiger partial charge in [0, 0.05) is 35.3 Å². The molecule has 1 saturated heterocycles. The van der Waals surface area contributed by atoms with Gasteiger partial charge in [-0.3, -0.25) is 14.9 Å². The van der Waals surface area contributed by atoms with Crippen molar-refractivity contribution in [3.63, 3.8) is 0 Å². The second kappa shape index (κ2) is 7.89. The monoisotopic (exact) mass is 422 g/mol. The van der Waals surface area contributed by atoms with Gasteiger partial charge in [-0.15, -0.1) is 0 Å². The number of carbonyl (C=O) groups is 1. The summed E-state index contributed by atoms with van der Waals surface area (Å²) in [6, 6.07) is 11.1. The van der Waals surface area contributed by atoms with Crippen molar-refractivity contribution in [3.05, 3.63) is 74.3 Å². The molecule has 0 aliphatic carbocycles. The number of hydrogen-bond acceptors (Lipinski definition) is 5. The van der Waals surface area contributed by atoms with E-state index in [0.29, 0.717) is 16.1 Å². The lowest BCUT2D eigenvalue weighted by molar-refractivity contribution is -0.385. The minimum Gasteiger partial charge on any atom is -0.338 e. The average Bonchev–Trinajstić information content (AvgIpc) is 2.80. The van der Waals surface area contributed by atoms with Gasteiger partial charge in [0.1, 0.15) is 0 Å². The first kappa shape index (κ1) is 20.3. The molecule has 1 unspecified atom stereocenters. The fraction of sp³-hybridized carbons (Fsp3) is 0.316. The zero-order valence-electron chi connectivity index (χ0n) is 15.2. The molecule has 0 saturated carbocycles. The molecule has 0 bridgehead atoms. The number of hydrogen-bond donors (Lipinski definition) is 0. The molecule has 28 heavy (non-hydrogen) atoms. The van der Waals surface area contributed by atoms with Crippen molar-refractivity contribution in [2.45, 2.75) is 18.6 Å². The van der Waals surface area contributed by atoms with Gasteiger partial charge in [0.15, 0.2) is 9.84 Å². The highest BCUT2D eigenvalue weighted by molar-refractivity contribution is 7.91. The summed E-state index contributed by atoms with van der Waals surface area (Å²) in [6.07, 6.45) is 0.214. The number of nitrogens with zero attached hydrogens (tertiary/aromatic N) is 2. The van der Waals surface area contributed by atoms with Crippen LogP contribution in [0.5, 0.6) is 0 Å². The van der Waals surface area contributed by atoms with Crippen LogP contribution in [0.4, 0.5) is 5.69 Å². The second-order valence-electron chi connectivity index (χ2n) is 6.72. The Morgan fingerprint density at radius 2 is 1.93 bits per heavy atom. The van der Waals surface area contributed by atoms with E-state index in [0.717, 1.165) is 0 Å². The molecule has 148 valence electrons. The van der Waals surface area contributed by atoms with Crippen LogP contribution in [0.25, 0.3) is 0 Å². The SMILES string of the molecule is Cc1ccc(C(=O)N2CCC(c3ccccc3Cl)S(=O)(=O)CC2)cc1[N+](=O)[O-]. The van der Waals surface area contributed by atoms with Gasteiger partial charge >= 0.3 is 0 Å². The Balaban J connectivity index is 1.87. The first-order valence-electron chi connectivity index (χ1n) is 8.71. The van der Waals surface area contributed by atoms with Crippen molar-refractivity contribution in [3.8, 4) is 0 Å². The van der Waals surface area contributed by atoms with E-state index in [-0.39, 0.29) is 36.5 Å². The number of carbonyl (C=O) groups excluding carboxylic acids is 1. The molecule has 0 radical (unpaired) electrons. The lowest BCUT2D eigenvalue weighted by atomic mass is 10.1. The van der Waals surface area contributed by atoms with E-state index in [1.54, 1.807) is 31.2 Å². The minimum atomic E-state index is -3.50. The normalized spacial score (nSPS) is 19.1. The fourth-order valence-corrected chi connectivity index (χ4v) is 5.50. The third kappa shape index (κ3) is 4.02. The summed E-state index contributed by atoms with van der Waals surface area (Å²) in [5.41, 5.74) is 1.02. The number of benzene rings is 2. The maximum atomic E-state index is 12.8. The molecule has 3 rings (SSSR count). The van der Waals surface area contributed by atoms with E-state index in [1.807, 2.05) is 0 Å². The zero-order valence-corrected chi connectivity index (χ0v) is 16.7. The lowest BCUT2D eigenvalue weighted by Crippen LogP contribution is -2.33. The molecule has 1 amide bonds. The van der Waals surface area contributed by atoms with Gasteiger partial charge in [0.2, 0.25) is 0 Å². The van der Waals surface area contributed by atoms with Crippen molar-refractivity contribution in [2.75, 3.05) is 18.8 Å². The van der Waals surface area contributed by atoms with Gasteiger partial charge in [-0.25, -0.2) is 8.42 Å². The summed E-state index contributed by atoms with van der Waals surface area (Å²) in [4.78, 5) is 24.9. The molecule has 1 fully saturated rings. The first-order valence-corrected chi connectivity index (χ1v) is 10.8. The van der Waals surface area contributed by atoms with Crippen molar-refractivity contribution < 1.29 is 18.1 Å². The summed E-state index contributed by atoms with van der Waals surface area (Å²) < 4.78 is 25.5. The maximum Gasteiger partial charge on any atom is 0.273 e. The molecule has 9 heteroatoms. The van der Waals surface area contributed by atoms with Gasteiger partial charge in [0.25, 0.3) is 11.6 Å². The van der Waals surface area contributed by atoms with E-state index in [9.17, 15) is 23.3 Å². The summed E-state index contributed by atoms with van der Waals surface area (Å²) in [6.45, 7) is 1.85. The zero-order chi connectivity index (χ0) is 20.5. The number of amides is 1. The van der Waals surface area contributed by atoms with E-state index in [2.05, 4.69) is 0 Å². The molecule has 0 N–H and O–H groups in total. The third-order valence-electron chi connectivity index (χ3n) is 4.93. The Hall–Kier alpha value is -2.45. The Labute approximate surface area is 168 Å². The minimum absolute atomic E-state index is 0.0315. The summed E-state index contributed by atoms with van der Waals surface area (Å²) in [5.74, 6) is -0.610. The molecular formula is C19H19ClN2O5S. The highest BCUT2D eigenvalue weighted by atomic mass is 35.5. The van der Waals surface area contributed by atoms with Crippen LogP contribution in [0.15, 0.2) is 42.5 Å². The van der Waals surface area contributed by atoms with Crippen LogP contribution < -0.4 is 0 Å². The van der Waals surface area contributed by atoms with Gasteiger partial charge in [-0.2, -0.15) is 0 Å². The largest absolute Gasteiger partial charge is 0.338 e. The molecule has 1 aliphatic rings. The topological polar surface area (TPSA) is 97.6 Å². The standard InChI is InChI=1S/C19H19ClN2O5S/c1-13-6-7-14(12-17(13)22(24)25)19(23)21-9-8-18(28(26,27)11-10-21)15-4-2-3-5-16(15)20/h2-7,12,18H,8-11H2,1H3. The Morgan fingerprint density at radius 1 is 1.21 bits per heavy atom. The van der Waals surface area contributed by atoms with Crippen LogP contribution in [0.1, 0.15) is 33.2 Å². The van der Waals surface area contributed by atoms with Gasteiger partial charge in [-0.1, -0.05) is 35.9 Å². The first-order chi connectivity index (χ1) is 13.2. The number of rotatable bonds is 3. The summed E-state index contributed by atoms with van der Waals surface area (Å²) in [5, 5.41) is 10.7. The average molecular weight is 423 g/mol. The van der Waals surface area contributed by atoms with E-state index >= 15 is 0 Å². The van der Waals surface area contributed by atoms with Crippen LogP contribution >= 0.6 is 11.6 Å². The molecule has 0 spiro atoms. The molecule has 0 aromatic heterocycles. The molecule has 2 aromatic carbocycles.